The molecule has 0 amide bonds. The highest BCUT2D eigenvalue weighted by molar-refractivity contribution is 5.85. The third kappa shape index (κ3) is 3.00. The Bertz CT molecular complexity index is 1300. The van der Waals surface area contributed by atoms with E-state index < -0.39 is 5.82 Å². The molecule has 2 unspecified atom stereocenters. The molecule has 2 fully saturated rings. The van der Waals surface area contributed by atoms with Crippen LogP contribution in [0.4, 0.5) is 10.2 Å². The van der Waals surface area contributed by atoms with Gasteiger partial charge in [-0.1, -0.05) is 0 Å². The Balaban J connectivity index is 1.30. The minimum absolute atomic E-state index is 0.0318. The van der Waals surface area contributed by atoms with E-state index >= 15 is 0 Å². The molecule has 2 atom stereocenters. The highest BCUT2D eigenvalue weighted by Gasteiger charge is 2.38. The molecule has 2 bridgehead atoms. The number of nitrogens with one attached hydrogen (secondary N) is 1. The van der Waals surface area contributed by atoms with Crippen molar-refractivity contribution >= 4 is 16.7 Å². The van der Waals surface area contributed by atoms with Crippen molar-refractivity contribution in [1.29, 1.82) is 0 Å². The van der Waals surface area contributed by atoms with Crippen LogP contribution in [0.15, 0.2) is 42.7 Å². The summed E-state index contributed by atoms with van der Waals surface area (Å²) in [7, 11) is 1.75. The molecule has 4 aromatic rings. The molecule has 8 nitrogen and oxygen atoms in total. The number of benzene rings is 1. The summed E-state index contributed by atoms with van der Waals surface area (Å²) in [4.78, 5) is 6.66. The number of piperazine rings is 1. The van der Waals surface area contributed by atoms with Crippen LogP contribution in [0.25, 0.3) is 33.4 Å². The minimum atomic E-state index is -0.413. The summed E-state index contributed by atoms with van der Waals surface area (Å²) in [6.45, 7) is 1.91. The largest absolute Gasteiger partial charge is 0.506 e. The average Bonchev–Trinajstić information content (AvgIpc) is 3.49. The molecule has 31 heavy (non-hydrogen) atoms. The van der Waals surface area contributed by atoms with Crippen LogP contribution in [0, 0.1) is 5.82 Å². The molecule has 0 radical (unpaired) electrons. The van der Waals surface area contributed by atoms with Gasteiger partial charge in [-0.15, -0.1) is 10.2 Å². The van der Waals surface area contributed by atoms with E-state index in [0.717, 1.165) is 25.3 Å². The van der Waals surface area contributed by atoms with Crippen molar-refractivity contribution < 1.29 is 9.50 Å². The molecule has 2 N–H and O–H groups in total. The van der Waals surface area contributed by atoms with E-state index in [-0.39, 0.29) is 5.75 Å². The number of aromatic nitrogens is 5. The molecule has 9 heteroatoms. The molecule has 6 rings (SSSR count). The molecule has 0 spiro atoms. The summed E-state index contributed by atoms with van der Waals surface area (Å²) in [5.41, 5.74) is 2.37. The normalized spacial score (nSPS) is 20.1. The van der Waals surface area contributed by atoms with Crippen LogP contribution < -0.4 is 10.2 Å². The maximum atomic E-state index is 14.4. The zero-order valence-corrected chi connectivity index (χ0v) is 16.8. The lowest BCUT2D eigenvalue weighted by molar-refractivity contribution is 0.475. The molecule has 0 saturated carbocycles. The zero-order valence-electron chi connectivity index (χ0n) is 16.8. The van der Waals surface area contributed by atoms with Gasteiger partial charge in [-0.05, 0) is 42.3 Å². The zero-order chi connectivity index (χ0) is 21.1. The Morgan fingerprint density at radius 3 is 2.77 bits per heavy atom. The number of pyridine rings is 1. The highest BCUT2D eigenvalue weighted by atomic mass is 19.1. The van der Waals surface area contributed by atoms with Gasteiger partial charge in [-0.2, -0.15) is 5.10 Å². The fourth-order valence-electron chi connectivity index (χ4n) is 4.63. The number of hydrogen-bond donors (Lipinski definition) is 2. The first-order valence-electron chi connectivity index (χ1n) is 10.2. The fraction of sp³-hybridized carbons (Fsp3) is 0.273. The molecule has 2 aliphatic heterocycles. The molecular weight excluding hydrogens is 397 g/mol. The van der Waals surface area contributed by atoms with E-state index in [9.17, 15) is 9.50 Å². The van der Waals surface area contributed by atoms with Crippen molar-refractivity contribution in [3.8, 4) is 28.3 Å². The van der Waals surface area contributed by atoms with Crippen LogP contribution >= 0.6 is 0 Å². The number of hydrogen-bond acceptors (Lipinski definition) is 7. The summed E-state index contributed by atoms with van der Waals surface area (Å²) in [5.74, 6) is 0.397. The van der Waals surface area contributed by atoms with Gasteiger partial charge in [0.25, 0.3) is 0 Å². The second-order valence-electron chi connectivity index (χ2n) is 8.21. The summed E-state index contributed by atoms with van der Waals surface area (Å²) < 4.78 is 16.0. The number of aryl methyl sites for hydroxylation is 1. The van der Waals surface area contributed by atoms with Crippen molar-refractivity contribution in [2.24, 2.45) is 7.05 Å². The maximum Gasteiger partial charge on any atom is 0.151 e. The number of anilines is 1. The van der Waals surface area contributed by atoms with Crippen LogP contribution in [-0.2, 0) is 7.05 Å². The third-order valence-electron chi connectivity index (χ3n) is 6.12. The summed E-state index contributed by atoms with van der Waals surface area (Å²) in [6, 6.07) is 9.54. The molecular formula is C22H20FN7O. The quantitative estimate of drug-likeness (QED) is 0.529. The highest BCUT2D eigenvalue weighted by Crippen LogP contribution is 2.33. The van der Waals surface area contributed by atoms with Gasteiger partial charge in [0, 0.05) is 55.6 Å². The maximum absolute atomic E-state index is 14.4. The standard InChI is InChI=1S/C22H20FN7O/c1-29-10-14-4-12(5-17(23)21(14)28-29)13-6-19(31)22(25-8-13)18-2-3-20(27-26-18)30-11-15-7-16(30)9-24-15/h2-6,8,10,15-16,24,31H,7,9,11H2,1H3. The third-order valence-corrected chi connectivity index (χ3v) is 6.12. The number of fused-ring (bicyclic) bond motifs is 3. The SMILES string of the molecule is Cn1cc2cc(-c3cnc(-c4ccc(N5CC6CC5CN6)nn4)c(O)c3)cc(F)c2n1. The molecule has 2 aliphatic rings. The van der Waals surface area contributed by atoms with Gasteiger partial charge in [-0.25, -0.2) is 9.37 Å². The fourth-order valence-corrected chi connectivity index (χ4v) is 4.63. The Hall–Kier alpha value is -3.59. The molecule has 0 aliphatic carbocycles. The van der Waals surface area contributed by atoms with Gasteiger partial charge in [0.1, 0.15) is 22.7 Å². The Labute approximate surface area is 177 Å². The van der Waals surface area contributed by atoms with E-state index in [1.165, 1.54) is 6.07 Å². The van der Waals surface area contributed by atoms with E-state index in [4.69, 9.17) is 0 Å². The summed E-state index contributed by atoms with van der Waals surface area (Å²) in [5, 5.41) is 27.5. The number of rotatable bonds is 3. The van der Waals surface area contributed by atoms with Crippen molar-refractivity contribution in [3.05, 3.63) is 48.5 Å². The topological polar surface area (TPSA) is 92.0 Å². The van der Waals surface area contributed by atoms with E-state index in [2.05, 4.69) is 30.5 Å². The van der Waals surface area contributed by atoms with Gasteiger partial charge < -0.3 is 15.3 Å². The van der Waals surface area contributed by atoms with Gasteiger partial charge in [-0.3, -0.25) is 4.68 Å². The second kappa shape index (κ2) is 6.71. The number of nitrogens with zero attached hydrogens (tertiary/aromatic N) is 6. The predicted octanol–water partition coefficient (Wildman–Crippen LogP) is 2.49. The number of halogens is 1. The van der Waals surface area contributed by atoms with Crippen LogP contribution in [0.3, 0.4) is 0 Å². The molecule has 5 heterocycles. The van der Waals surface area contributed by atoms with Crippen molar-refractivity contribution in [2.75, 3.05) is 18.0 Å². The smallest absolute Gasteiger partial charge is 0.151 e. The summed E-state index contributed by atoms with van der Waals surface area (Å²) in [6.07, 6.45) is 4.49. The van der Waals surface area contributed by atoms with Gasteiger partial charge in [0.2, 0.25) is 0 Å². The van der Waals surface area contributed by atoms with Gasteiger partial charge >= 0.3 is 0 Å². The van der Waals surface area contributed by atoms with Crippen LogP contribution in [0.2, 0.25) is 0 Å². The first-order chi connectivity index (χ1) is 15.0. The van der Waals surface area contributed by atoms with Gasteiger partial charge in [0.05, 0.1) is 0 Å². The van der Waals surface area contributed by atoms with E-state index in [1.54, 1.807) is 30.2 Å². The lowest BCUT2D eigenvalue weighted by Crippen LogP contribution is -2.44. The van der Waals surface area contributed by atoms with Crippen molar-refractivity contribution in [1.82, 2.24) is 30.3 Å². The van der Waals surface area contributed by atoms with Crippen LogP contribution in [0.5, 0.6) is 5.75 Å². The van der Waals surface area contributed by atoms with E-state index in [1.807, 2.05) is 18.2 Å². The predicted molar refractivity (Wildman–Crippen MR) is 114 cm³/mol. The average molecular weight is 417 g/mol. The summed E-state index contributed by atoms with van der Waals surface area (Å²) >= 11 is 0. The first-order valence-corrected chi connectivity index (χ1v) is 10.2. The molecule has 3 aromatic heterocycles. The Kier molecular flexibility index (Phi) is 3.94. The molecule has 1 aromatic carbocycles. The van der Waals surface area contributed by atoms with Crippen LogP contribution in [-0.4, -0.2) is 55.2 Å². The minimum Gasteiger partial charge on any atom is -0.506 e. The lowest BCUT2D eigenvalue weighted by atomic mass is 10.0. The van der Waals surface area contributed by atoms with Crippen molar-refractivity contribution in [3.63, 3.8) is 0 Å². The first kappa shape index (κ1) is 18.2. The Morgan fingerprint density at radius 1 is 1.16 bits per heavy atom. The second-order valence-corrected chi connectivity index (χ2v) is 8.21. The lowest BCUT2D eigenvalue weighted by Gasteiger charge is -2.27. The molecule has 2 saturated heterocycles. The molecule has 156 valence electrons. The van der Waals surface area contributed by atoms with Gasteiger partial charge in [0.15, 0.2) is 11.6 Å². The van der Waals surface area contributed by atoms with Crippen LogP contribution in [0.1, 0.15) is 6.42 Å². The van der Waals surface area contributed by atoms with E-state index in [0.29, 0.717) is 45.5 Å². The number of aromatic hydroxyl groups is 1. The van der Waals surface area contributed by atoms with Crippen molar-refractivity contribution in [2.45, 2.75) is 18.5 Å². The Morgan fingerprint density at radius 2 is 2.06 bits per heavy atom. The monoisotopic (exact) mass is 417 g/mol.